The zero-order valence-electron chi connectivity index (χ0n) is 10.2. The first kappa shape index (κ1) is 16.2. The van der Waals surface area contributed by atoms with E-state index >= 15 is 0 Å². The molecular weight excluding hydrogens is 237 g/mol. The molecule has 0 saturated heterocycles. The molecule has 0 aliphatic rings. The average Bonchev–Trinajstić information content (AvgIpc) is 2.14. The Kier molecular flexibility index (Phi) is 5.91. The normalized spacial score (nSPS) is 14.7. The largest absolute Gasteiger partial charge is 0.400 e. The summed E-state index contributed by atoms with van der Waals surface area (Å²) in [5.41, 5.74) is 4.44. The summed E-state index contributed by atoms with van der Waals surface area (Å²) in [6, 6.07) is 0. The standard InChI is InChI=1S/C10H19F3N2O2/c1-9(2,16-3)4-5-17-6-7(8(14)15)10(11,12)13/h7H,4-6H2,1-3H3,(H3,14,15). The Morgan fingerprint density at radius 1 is 1.35 bits per heavy atom. The minimum Gasteiger partial charge on any atom is -0.387 e. The SMILES string of the molecule is COC(C)(C)CCOCC(C(=N)N)C(F)(F)F. The van der Waals surface area contributed by atoms with Gasteiger partial charge in [0.05, 0.1) is 12.2 Å². The number of rotatable bonds is 7. The number of nitrogens with two attached hydrogens (primary N) is 1. The second kappa shape index (κ2) is 6.20. The Labute approximate surface area is 98.8 Å². The molecule has 3 N–H and O–H groups in total. The fourth-order valence-electron chi connectivity index (χ4n) is 0.982. The van der Waals surface area contributed by atoms with Gasteiger partial charge in [-0.25, -0.2) is 0 Å². The molecule has 0 rings (SSSR count). The summed E-state index contributed by atoms with van der Waals surface area (Å²) in [5, 5.41) is 6.85. The third kappa shape index (κ3) is 6.48. The van der Waals surface area contributed by atoms with Gasteiger partial charge in [-0.05, 0) is 20.3 Å². The van der Waals surface area contributed by atoms with Crippen LogP contribution in [0.5, 0.6) is 0 Å². The number of hydrogen-bond donors (Lipinski definition) is 2. The van der Waals surface area contributed by atoms with Gasteiger partial charge in [-0.15, -0.1) is 0 Å². The number of halogens is 3. The van der Waals surface area contributed by atoms with E-state index in [0.717, 1.165) is 0 Å². The molecule has 0 aliphatic heterocycles. The predicted octanol–water partition coefficient (Wildman–Crippen LogP) is 1.93. The van der Waals surface area contributed by atoms with Gasteiger partial charge >= 0.3 is 6.18 Å². The lowest BCUT2D eigenvalue weighted by Crippen LogP contribution is -2.39. The van der Waals surface area contributed by atoms with Gasteiger partial charge < -0.3 is 15.2 Å². The van der Waals surface area contributed by atoms with E-state index in [4.69, 9.17) is 20.6 Å². The summed E-state index contributed by atoms with van der Waals surface area (Å²) in [4.78, 5) is 0. The highest BCUT2D eigenvalue weighted by atomic mass is 19.4. The Hall–Kier alpha value is -0.820. The molecule has 17 heavy (non-hydrogen) atoms. The number of hydrogen-bond acceptors (Lipinski definition) is 3. The Bertz CT molecular complexity index is 254. The molecule has 0 aromatic heterocycles. The van der Waals surface area contributed by atoms with Crippen molar-refractivity contribution in [1.29, 1.82) is 5.41 Å². The van der Waals surface area contributed by atoms with Crippen molar-refractivity contribution in [2.75, 3.05) is 20.3 Å². The first-order valence-electron chi connectivity index (χ1n) is 5.13. The predicted molar refractivity (Wildman–Crippen MR) is 58.0 cm³/mol. The highest BCUT2D eigenvalue weighted by Crippen LogP contribution is 2.26. The number of ether oxygens (including phenoxy) is 2. The first-order valence-corrected chi connectivity index (χ1v) is 5.13. The average molecular weight is 256 g/mol. The second-order valence-corrected chi connectivity index (χ2v) is 4.34. The van der Waals surface area contributed by atoms with Crippen molar-refractivity contribution >= 4 is 5.84 Å². The third-order valence-corrected chi connectivity index (χ3v) is 2.46. The van der Waals surface area contributed by atoms with Crippen LogP contribution in [0, 0.1) is 11.3 Å². The van der Waals surface area contributed by atoms with E-state index in [1.54, 1.807) is 0 Å². The van der Waals surface area contributed by atoms with Crippen LogP contribution >= 0.6 is 0 Å². The van der Waals surface area contributed by atoms with Crippen LogP contribution in [0.1, 0.15) is 20.3 Å². The van der Waals surface area contributed by atoms with Gasteiger partial charge in [-0.1, -0.05) is 0 Å². The van der Waals surface area contributed by atoms with Gasteiger partial charge in [0.2, 0.25) is 0 Å². The highest BCUT2D eigenvalue weighted by Gasteiger charge is 2.42. The molecule has 1 unspecified atom stereocenters. The molecule has 0 aromatic carbocycles. The quantitative estimate of drug-likeness (QED) is 0.415. The van der Waals surface area contributed by atoms with E-state index in [1.165, 1.54) is 7.11 Å². The highest BCUT2D eigenvalue weighted by molar-refractivity contribution is 5.80. The molecule has 0 radical (unpaired) electrons. The van der Waals surface area contributed by atoms with E-state index in [0.29, 0.717) is 6.42 Å². The molecule has 4 nitrogen and oxygen atoms in total. The Balaban J connectivity index is 4.05. The number of alkyl halides is 3. The Morgan fingerprint density at radius 3 is 2.24 bits per heavy atom. The molecule has 0 aromatic rings. The molecule has 0 heterocycles. The molecule has 0 saturated carbocycles. The van der Waals surface area contributed by atoms with Crippen LogP contribution in [-0.2, 0) is 9.47 Å². The fourth-order valence-corrected chi connectivity index (χ4v) is 0.982. The van der Waals surface area contributed by atoms with Crippen molar-refractivity contribution < 1.29 is 22.6 Å². The minimum absolute atomic E-state index is 0.126. The van der Waals surface area contributed by atoms with E-state index < -0.39 is 30.1 Å². The molecule has 0 aliphatic carbocycles. The molecule has 1 atom stereocenters. The number of nitrogens with one attached hydrogen (secondary N) is 1. The lowest BCUT2D eigenvalue weighted by Gasteiger charge is -2.23. The van der Waals surface area contributed by atoms with Crippen LogP contribution < -0.4 is 5.73 Å². The molecule has 102 valence electrons. The molecule has 7 heteroatoms. The van der Waals surface area contributed by atoms with Crippen LogP contribution in [-0.4, -0.2) is 37.9 Å². The van der Waals surface area contributed by atoms with Gasteiger partial charge in [0.15, 0.2) is 0 Å². The monoisotopic (exact) mass is 256 g/mol. The maximum absolute atomic E-state index is 12.4. The van der Waals surface area contributed by atoms with Crippen LogP contribution in [0.4, 0.5) is 13.2 Å². The van der Waals surface area contributed by atoms with Gasteiger partial charge in [-0.3, -0.25) is 5.41 Å². The van der Waals surface area contributed by atoms with Crippen molar-refractivity contribution in [1.82, 2.24) is 0 Å². The van der Waals surface area contributed by atoms with Crippen LogP contribution in [0.3, 0.4) is 0 Å². The van der Waals surface area contributed by atoms with Crippen molar-refractivity contribution in [2.24, 2.45) is 11.7 Å². The van der Waals surface area contributed by atoms with E-state index in [1.807, 2.05) is 13.8 Å². The summed E-state index contributed by atoms with van der Waals surface area (Å²) in [7, 11) is 1.52. The van der Waals surface area contributed by atoms with Crippen molar-refractivity contribution in [3.8, 4) is 0 Å². The zero-order chi connectivity index (χ0) is 13.7. The third-order valence-electron chi connectivity index (χ3n) is 2.46. The summed E-state index contributed by atoms with van der Waals surface area (Å²) < 4.78 is 47.1. The lowest BCUT2D eigenvalue weighted by atomic mass is 10.1. The maximum atomic E-state index is 12.4. The lowest BCUT2D eigenvalue weighted by molar-refractivity contribution is -0.169. The summed E-state index contributed by atoms with van der Waals surface area (Å²) >= 11 is 0. The maximum Gasteiger partial charge on any atom is 0.400 e. The van der Waals surface area contributed by atoms with E-state index in [-0.39, 0.29) is 6.61 Å². The van der Waals surface area contributed by atoms with Gasteiger partial charge in [-0.2, -0.15) is 13.2 Å². The van der Waals surface area contributed by atoms with Crippen molar-refractivity contribution in [2.45, 2.75) is 32.0 Å². The molecule has 0 spiro atoms. The van der Waals surface area contributed by atoms with Gasteiger partial charge in [0, 0.05) is 13.7 Å². The number of methoxy groups -OCH3 is 1. The van der Waals surface area contributed by atoms with E-state index in [9.17, 15) is 13.2 Å². The minimum atomic E-state index is -4.54. The van der Waals surface area contributed by atoms with Crippen molar-refractivity contribution in [3.63, 3.8) is 0 Å². The summed E-state index contributed by atoms with van der Waals surface area (Å²) in [6.45, 7) is 3.12. The van der Waals surface area contributed by atoms with Gasteiger partial charge in [0.25, 0.3) is 0 Å². The topological polar surface area (TPSA) is 68.3 Å². The molecule has 0 fully saturated rings. The van der Waals surface area contributed by atoms with Crippen LogP contribution in [0.25, 0.3) is 0 Å². The zero-order valence-corrected chi connectivity index (χ0v) is 10.2. The fraction of sp³-hybridized carbons (Fsp3) is 0.900. The van der Waals surface area contributed by atoms with E-state index in [2.05, 4.69) is 0 Å². The van der Waals surface area contributed by atoms with Gasteiger partial charge in [0.1, 0.15) is 11.8 Å². The first-order chi connectivity index (χ1) is 7.60. The molecule has 0 amide bonds. The summed E-state index contributed by atoms with van der Waals surface area (Å²) in [5.74, 6) is -2.96. The van der Waals surface area contributed by atoms with Crippen LogP contribution in [0.2, 0.25) is 0 Å². The van der Waals surface area contributed by atoms with Crippen LogP contribution in [0.15, 0.2) is 0 Å². The van der Waals surface area contributed by atoms with Crippen molar-refractivity contribution in [3.05, 3.63) is 0 Å². The molecule has 0 bridgehead atoms. The molecular formula is C10H19F3N2O2. The Morgan fingerprint density at radius 2 is 1.88 bits per heavy atom. The smallest absolute Gasteiger partial charge is 0.387 e. The number of amidine groups is 1. The second-order valence-electron chi connectivity index (χ2n) is 4.34. The summed E-state index contributed by atoms with van der Waals surface area (Å²) in [6.07, 6.45) is -4.07.